The van der Waals surface area contributed by atoms with Gasteiger partial charge in [0.15, 0.2) is 11.5 Å². The van der Waals surface area contributed by atoms with Crippen LogP contribution in [0.15, 0.2) is 42.5 Å². The van der Waals surface area contributed by atoms with Crippen molar-refractivity contribution in [1.29, 1.82) is 0 Å². The molecular weight excluding hydrogens is 376 g/mol. The minimum atomic E-state index is -0.903. The van der Waals surface area contributed by atoms with Crippen molar-refractivity contribution >= 4 is 12.1 Å². The summed E-state index contributed by atoms with van der Waals surface area (Å²) in [6.45, 7) is 9.13. The lowest BCUT2D eigenvalue weighted by Gasteiger charge is -2.20. The molecule has 2 aromatic rings. The van der Waals surface area contributed by atoms with Gasteiger partial charge in [0.05, 0.1) is 5.41 Å². The molecule has 154 valence electrons. The van der Waals surface area contributed by atoms with E-state index in [-0.39, 0.29) is 17.5 Å². The van der Waals surface area contributed by atoms with Crippen LogP contribution in [0.2, 0.25) is 0 Å². The average molecular weight is 400 g/mol. The molecule has 0 unspecified atom stereocenters. The minimum Gasteiger partial charge on any atom is -0.449 e. The van der Waals surface area contributed by atoms with E-state index in [0.29, 0.717) is 23.7 Å². The summed E-state index contributed by atoms with van der Waals surface area (Å²) in [5, 5.41) is 0. The van der Waals surface area contributed by atoms with Crippen LogP contribution in [0.4, 0.5) is 4.79 Å². The molecule has 0 fully saturated rings. The number of benzene rings is 2. The van der Waals surface area contributed by atoms with Crippen molar-refractivity contribution in [2.75, 3.05) is 0 Å². The monoisotopic (exact) mass is 400 g/mol. The van der Waals surface area contributed by atoms with Crippen molar-refractivity contribution in [3.8, 4) is 28.7 Å². The van der Waals surface area contributed by atoms with Crippen molar-refractivity contribution in [2.24, 2.45) is 5.41 Å². The molecule has 1 heterocycles. The van der Waals surface area contributed by atoms with Gasteiger partial charge in [-0.25, -0.2) is 4.79 Å². The van der Waals surface area contributed by atoms with Crippen LogP contribution in [0.1, 0.15) is 41.0 Å². The molecule has 7 nitrogen and oxygen atoms in total. The standard InChI is InChI=1S/C22H24O7/c1-6-21(2,3)19(23)25-14-7-9-15(10-8-14)26-20(24)27-16-11-12-17-18(13-16)29-22(4,5)28-17/h7-13H,6H2,1-5H3. The normalized spacial score (nSPS) is 14.2. The maximum absolute atomic E-state index is 12.1. The highest BCUT2D eigenvalue weighted by molar-refractivity contribution is 5.78. The van der Waals surface area contributed by atoms with Crippen LogP contribution in [0.25, 0.3) is 0 Å². The highest BCUT2D eigenvalue weighted by Gasteiger charge is 2.32. The van der Waals surface area contributed by atoms with Crippen LogP contribution in [0.3, 0.4) is 0 Å². The molecule has 0 aliphatic carbocycles. The fraction of sp³-hybridized carbons (Fsp3) is 0.364. The minimum absolute atomic E-state index is 0.256. The Balaban J connectivity index is 1.57. The summed E-state index contributed by atoms with van der Waals surface area (Å²) >= 11 is 0. The molecule has 1 aliphatic rings. The molecular formula is C22H24O7. The molecule has 0 N–H and O–H groups in total. The first kappa shape index (κ1) is 20.5. The first-order valence-electron chi connectivity index (χ1n) is 9.32. The summed E-state index contributed by atoms with van der Waals surface area (Å²) in [6, 6.07) is 10.9. The second kappa shape index (κ2) is 7.66. The Bertz CT molecular complexity index is 913. The molecule has 1 aliphatic heterocycles. The van der Waals surface area contributed by atoms with Crippen LogP contribution in [-0.2, 0) is 4.79 Å². The van der Waals surface area contributed by atoms with Gasteiger partial charge in [0, 0.05) is 19.9 Å². The van der Waals surface area contributed by atoms with Crippen LogP contribution < -0.4 is 23.7 Å². The van der Waals surface area contributed by atoms with E-state index in [1.807, 2.05) is 20.8 Å². The largest absolute Gasteiger partial charge is 0.519 e. The number of ether oxygens (including phenoxy) is 5. The SMILES string of the molecule is CCC(C)(C)C(=O)Oc1ccc(OC(=O)Oc2ccc3c(c2)OC(C)(C)O3)cc1. The lowest BCUT2D eigenvalue weighted by molar-refractivity contribution is -0.144. The van der Waals surface area contributed by atoms with Gasteiger partial charge in [0.1, 0.15) is 17.2 Å². The molecule has 7 heteroatoms. The first-order valence-corrected chi connectivity index (χ1v) is 9.32. The predicted octanol–water partition coefficient (Wildman–Crippen LogP) is 5.11. The summed E-state index contributed by atoms with van der Waals surface area (Å²) < 4.78 is 26.9. The zero-order valence-corrected chi connectivity index (χ0v) is 17.1. The first-order chi connectivity index (χ1) is 13.6. The van der Waals surface area contributed by atoms with Gasteiger partial charge in [0.2, 0.25) is 5.79 Å². The van der Waals surface area contributed by atoms with E-state index < -0.39 is 17.4 Å². The third kappa shape index (κ3) is 4.99. The molecule has 3 rings (SSSR count). The molecule has 0 saturated carbocycles. The lowest BCUT2D eigenvalue weighted by Crippen LogP contribution is -2.29. The zero-order valence-electron chi connectivity index (χ0n) is 17.1. The van der Waals surface area contributed by atoms with E-state index in [4.69, 9.17) is 23.7 Å². The van der Waals surface area contributed by atoms with Crippen molar-refractivity contribution in [2.45, 2.75) is 46.8 Å². The topological polar surface area (TPSA) is 80.3 Å². The molecule has 0 saturated heterocycles. The van der Waals surface area contributed by atoms with Gasteiger partial charge in [0.25, 0.3) is 0 Å². The third-order valence-electron chi connectivity index (χ3n) is 4.50. The van der Waals surface area contributed by atoms with Crippen LogP contribution in [0.5, 0.6) is 28.7 Å². The fourth-order valence-corrected chi connectivity index (χ4v) is 2.44. The molecule has 2 aromatic carbocycles. The second-order valence-corrected chi connectivity index (χ2v) is 7.76. The van der Waals surface area contributed by atoms with Crippen LogP contribution in [0, 0.1) is 5.41 Å². The van der Waals surface area contributed by atoms with E-state index in [2.05, 4.69) is 0 Å². The van der Waals surface area contributed by atoms with E-state index in [0.717, 1.165) is 0 Å². The maximum atomic E-state index is 12.1. The number of fused-ring (bicyclic) bond motifs is 1. The van der Waals surface area contributed by atoms with E-state index in [1.165, 1.54) is 12.1 Å². The van der Waals surface area contributed by atoms with Crippen molar-refractivity contribution in [1.82, 2.24) is 0 Å². The summed E-state index contributed by atoms with van der Waals surface area (Å²) in [5.74, 6) is 0.871. The molecule has 0 amide bonds. The van der Waals surface area contributed by atoms with Crippen molar-refractivity contribution in [3.63, 3.8) is 0 Å². The maximum Gasteiger partial charge on any atom is 0.519 e. The number of hydrogen-bond acceptors (Lipinski definition) is 7. The van der Waals surface area contributed by atoms with Crippen LogP contribution in [-0.4, -0.2) is 17.9 Å². The van der Waals surface area contributed by atoms with Gasteiger partial charge in [-0.05, 0) is 56.7 Å². The number of rotatable bonds is 5. The number of carbonyl (C=O) groups is 2. The van der Waals surface area contributed by atoms with Gasteiger partial charge >= 0.3 is 12.1 Å². The van der Waals surface area contributed by atoms with Gasteiger partial charge < -0.3 is 23.7 Å². The molecule has 29 heavy (non-hydrogen) atoms. The van der Waals surface area contributed by atoms with Crippen LogP contribution >= 0.6 is 0 Å². The smallest absolute Gasteiger partial charge is 0.449 e. The summed E-state index contributed by atoms with van der Waals surface area (Å²) in [7, 11) is 0. The molecule has 0 aromatic heterocycles. The van der Waals surface area contributed by atoms with E-state index in [9.17, 15) is 9.59 Å². The number of esters is 1. The highest BCUT2D eigenvalue weighted by Crippen LogP contribution is 2.41. The Morgan fingerprint density at radius 3 is 2.00 bits per heavy atom. The lowest BCUT2D eigenvalue weighted by atomic mass is 9.91. The Morgan fingerprint density at radius 1 is 0.862 bits per heavy atom. The summed E-state index contributed by atoms with van der Waals surface area (Å²) in [6.07, 6.45) is -0.240. The van der Waals surface area contributed by atoms with Crippen molar-refractivity contribution in [3.05, 3.63) is 42.5 Å². The Labute approximate surface area is 169 Å². The van der Waals surface area contributed by atoms with Gasteiger partial charge in [-0.3, -0.25) is 4.79 Å². The molecule has 0 spiro atoms. The number of hydrogen-bond donors (Lipinski definition) is 0. The average Bonchev–Trinajstić information content (AvgIpc) is 2.96. The zero-order chi connectivity index (χ0) is 21.2. The summed E-state index contributed by atoms with van der Waals surface area (Å²) in [5.41, 5.74) is -0.571. The second-order valence-electron chi connectivity index (χ2n) is 7.76. The Kier molecular flexibility index (Phi) is 5.42. The Morgan fingerprint density at radius 2 is 1.38 bits per heavy atom. The third-order valence-corrected chi connectivity index (χ3v) is 4.50. The van der Waals surface area contributed by atoms with E-state index >= 15 is 0 Å². The molecule has 0 radical (unpaired) electrons. The van der Waals surface area contributed by atoms with Gasteiger partial charge in [-0.2, -0.15) is 0 Å². The van der Waals surface area contributed by atoms with E-state index in [1.54, 1.807) is 44.2 Å². The summed E-state index contributed by atoms with van der Waals surface area (Å²) in [4.78, 5) is 24.1. The van der Waals surface area contributed by atoms with Gasteiger partial charge in [-0.15, -0.1) is 0 Å². The van der Waals surface area contributed by atoms with Gasteiger partial charge in [-0.1, -0.05) is 6.92 Å². The quantitative estimate of drug-likeness (QED) is 0.392. The predicted molar refractivity (Wildman–Crippen MR) is 105 cm³/mol. The molecule has 0 bridgehead atoms. The Hall–Kier alpha value is -3.22. The highest BCUT2D eigenvalue weighted by atomic mass is 16.7. The fourth-order valence-electron chi connectivity index (χ4n) is 2.44. The molecule has 0 atom stereocenters. The van der Waals surface area contributed by atoms with Crippen molar-refractivity contribution < 1.29 is 33.3 Å². The number of carbonyl (C=O) groups excluding carboxylic acids is 2.